The minimum Gasteiger partial charge on any atom is -0.481 e. The number of sulfonamides is 1. The molecule has 7 nitrogen and oxygen atoms in total. The Labute approximate surface area is 62.3 Å². The van der Waals surface area contributed by atoms with E-state index in [9.17, 15) is 13.2 Å². The number of rotatable bonds is 4. The third-order valence-electron chi connectivity index (χ3n) is 0.735. The molecule has 0 atom stereocenters. The van der Waals surface area contributed by atoms with E-state index >= 15 is 0 Å². The fourth-order valence-corrected chi connectivity index (χ4v) is 0.938. The van der Waals surface area contributed by atoms with Gasteiger partial charge in [0, 0.05) is 9.43 Å². The van der Waals surface area contributed by atoms with Gasteiger partial charge in [0.1, 0.15) is 0 Å². The van der Waals surface area contributed by atoms with Crippen LogP contribution in [0.3, 0.4) is 0 Å². The largest absolute Gasteiger partial charge is 0.481 e. The first-order valence-electron chi connectivity index (χ1n) is 2.49. The Hall–Kier alpha value is -1.27. The van der Waals surface area contributed by atoms with Crippen LogP contribution >= 0.6 is 0 Å². The van der Waals surface area contributed by atoms with Crippen molar-refractivity contribution in [3.63, 3.8) is 0 Å². The van der Waals surface area contributed by atoms with Crippen molar-refractivity contribution in [1.29, 1.82) is 0 Å². The fraction of sp³-hybridized carbons (Fsp3) is 0.667. The second-order valence-electron chi connectivity index (χ2n) is 1.60. The van der Waals surface area contributed by atoms with E-state index in [0.717, 1.165) is 0 Å². The van der Waals surface area contributed by atoms with Gasteiger partial charge in [0.2, 0.25) is 10.0 Å². The van der Waals surface area contributed by atoms with Crippen molar-refractivity contribution in [3.05, 3.63) is 10.4 Å². The molecule has 0 aliphatic heterocycles. The van der Waals surface area contributed by atoms with Crippen LogP contribution in [-0.2, 0) is 14.8 Å². The Kier molecular flexibility index (Phi) is 3.35. The number of nitrogens with zero attached hydrogens (tertiary/aromatic N) is 3. The fourth-order valence-electron chi connectivity index (χ4n) is 0.313. The molecule has 8 heteroatoms. The molecule has 0 aliphatic rings. The summed E-state index contributed by atoms with van der Waals surface area (Å²) in [5, 5.41) is 8.05. The maximum atomic E-state index is 10.5. The molecule has 0 aromatic rings. The molecule has 0 spiro atoms. The Bertz CT molecular complexity index is 288. The summed E-state index contributed by atoms with van der Waals surface area (Å²) in [6.07, 6.45) is -0.554. The number of carboxylic acid groups (broad SMARTS) is 1. The van der Waals surface area contributed by atoms with Gasteiger partial charge in [0.15, 0.2) is 0 Å². The highest BCUT2D eigenvalue weighted by molar-refractivity contribution is 7.90. The van der Waals surface area contributed by atoms with Crippen molar-refractivity contribution < 1.29 is 18.3 Å². The predicted molar refractivity (Wildman–Crippen MR) is 35.2 cm³/mol. The van der Waals surface area contributed by atoms with Crippen LogP contribution in [0.25, 0.3) is 10.4 Å². The number of hydrogen-bond donors (Lipinski definition) is 1. The molecular formula is C3H5N3O4S. The summed E-state index contributed by atoms with van der Waals surface area (Å²) in [4.78, 5) is 11.9. The third-order valence-corrected chi connectivity index (χ3v) is 1.78. The lowest BCUT2D eigenvalue weighted by Crippen LogP contribution is -2.06. The van der Waals surface area contributed by atoms with Crippen molar-refractivity contribution in [1.82, 2.24) is 0 Å². The van der Waals surface area contributed by atoms with Gasteiger partial charge < -0.3 is 5.11 Å². The number of aliphatic carboxylic acids is 1. The third kappa shape index (κ3) is 5.19. The van der Waals surface area contributed by atoms with Crippen LogP contribution in [0.1, 0.15) is 6.42 Å². The predicted octanol–water partition coefficient (Wildman–Crippen LogP) is 0.101. The maximum absolute atomic E-state index is 10.5. The Morgan fingerprint density at radius 1 is 1.64 bits per heavy atom. The lowest BCUT2D eigenvalue weighted by molar-refractivity contribution is -0.136. The molecule has 0 aromatic carbocycles. The summed E-state index contributed by atoms with van der Waals surface area (Å²) in [5.41, 5.74) is 7.70. The molecule has 0 unspecified atom stereocenters. The van der Waals surface area contributed by atoms with Crippen LogP contribution in [0.4, 0.5) is 0 Å². The highest BCUT2D eigenvalue weighted by Crippen LogP contribution is 1.95. The molecule has 0 aromatic heterocycles. The molecular weight excluding hydrogens is 174 g/mol. The highest BCUT2D eigenvalue weighted by Gasteiger charge is 2.09. The van der Waals surface area contributed by atoms with Crippen LogP contribution in [0.15, 0.2) is 4.52 Å². The highest BCUT2D eigenvalue weighted by atomic mass is 32.2. The Morgan fingerprint density at radius 3 is 2.55 bits per heavy atom. The molecule has 0 bridgehead atoms. The first-order chi connectivity index (χ1) is 4.98. The standard InChI is InChI=1S/C3H5N3O4S/c4-5-6-11(9,10)2-1-3(7)8/h1-2H2,(H,7,8). The molecule has 0 saturated carbocycles. The second kappa shape index (κ2) is 3.79. The summed E-state index contributed by atoms with van der Waals surface area (Å²) in [5.74, 6) is -1.91. The van der Waals surface area contributed by atoms with Gasteiger partial charge in [-0.3, -0.25) is 4.79 Å². The number of hydrogen-bond acceptors (Lipinski definition) is 3. The topological polar surface area (TPSA) is 120 Å². The zero-order valence-corrected chi connectivity index (χ0v) is 6.15. The van der Waals surface area contributed by atoms with Gasteiger partial charge in [-0.1, -0.05) is 0 Å². The average Bonchev–Trinajstić information content (AvgIpc) is 1.84. The Balaban J connectivity index is 4.16. The van der Waals surface area contributed by atoms with Gasteiger partial charge in [-0.15, -0.1) is 0 Å². The van der Waals surface area contributed by atoms with Crippen LogP contribution in [0.2, 0.25) is 0 Å². The zero-order valence-electron chi connectivity index (χ0n) is 5.34. The van der Waals surface area contributed by atoms with Crippen molar-refractivity contribution in [3.8, 4) is 0 Å². The quantitative estimate of drug-likeness (QED) is 0.373. The van der Waals surface area contributed by atoms with E-state index in [2.05, 4.69) is 4.52 Å². The van der Waals surface area contributed by atoms with E-state index in [1.165, 1.54) is 0 Å². The molecule has 0 heterocycles. The first kappa shape index (κ1) is 9.73. The van der Waals surface area contributed by atoms with E-state index in [4.69, 9.17) is 10.6 Å². The lowest BCUT2D eigenvalue weighted by atomic mass is 10.5. The lowest BCUT2D eigenvalue weighted by Gasteiger charge is -1.90. The minimum absolute atomic E-state index is 0.554. The molecule has 0 rings (SSSR count). The first-order valence-corrected chi connectivity index (χ1v) is 4.10. The van der Waals surface area contributed by atoms with Gasteiger partial charge in [-0.05, 0) is 5.53 Å². The molecule has 0 radical (unpaired) electrons. The Morgan fingerprint density at radius 2 is 2.18 bits per heavy atom. The van der Waals surface area contributed by atoms with Crippen LogP contribution in [0, 0.1) is 0 Å². The normalized spacial score (nSPS) is 10.2. The molecule has 0 fully saturated rings. The summed E-state index contributed by atoms with van der Waals surface area (Å²) in [6.45, 7) is 0. The zero-order chi connectivity index (χ0) is 8.91. The summed E-state index contributed by atoms with van der Waals surface area (Å²) in [6, 6.07) is 0. The van der Waals surface area contributed by atoms with Gasteiger partial charge in [-0.25, -0.2) is 8.42 Å². The van der Waals surface area contributed by atoms with E-state index in [1.54, 1.807) is 0 Å². The van der Waals surface area contributed by atoms with Crippen LogP contribution < -0.4 is 0 Å². The van der Waals surface area contributed by atoms with E-state index in [-0.39, 0.29) is 0 Å². The molecule has 0 aliphatic carbocycles. The van der Waals surface area contributed by atoms with Gasteiger partial charge in [0.25, 0.3) is 0 Å². The molecule has 0 amide bonds. The van der Waals surface area contributed by atoms with Crippen molar-refractivity contribution in [2.24, 2.45) is 4.52 Å². The second-order valence-corrected chi connectivity index (χ2v) is 3.34. The van der Waals surface area contributed by atoms with E-state index in [1.807, 2.05) is 4.91 Å². The SMILES string of the molecule is [N-]=[N+]=NS(=O)(=O)CCC(=O)O. The number of carbonyl (C=O) groups is 1. The molecule has 62 valence electrons. The monoisotopic (exact) mass is 179 g/mol. The number of carboxylic acids is 1. The molecule has 11 heavy (non-hydrogen) atoms. The van der Waals surface area contributed by atoms with Crippen LogP contribution in [0.5, 0.6) is 0 Å². The van der Waals surface area contributed by atoms with E-state index in [0.29, 0.717) is 0 Å². The summed E-state index contributed by atoms with van der Waals surface area (Å²) in [7, 11) is -3.90. The van der Waals surface area contributed by atoms with Crippen molar-refractivity contribution >= 4 is 16.0 Å². The number of azide groups is 1. The molecule has 1 N–H and O–H groups in total. The maximum Gasteiger partial charge on any atom is 0.304 e. The smallest absolute Gasteiger partial charge is 0.304 e. The van der Waals surface area contributed by atoms with Crippen LogP contribution in [-0.4, -0.2) is 25.2 Å². The summed E-state index contributed by atoms with van der Waals surface area (Å²) >= 11 is 0. The average molecular weight is 179 g/mol. The minimum atomic E-state index is -3.90. The van der Waals surface area contributed by atoms with Gasteiger partial charge in [-0.2, -0.15) is 0 Å². The van der Waals surface area contributed by atoms with Gasteiger partial charge >= 0.3 is 5.97 Å². The summed E-state index contributed by atoms with van der Waals surface area (Å²) < 4.78 is 23.3. The van der Waals surface area contributed by atoms with Gasteiger partial charge in [0.05, 0.1) is 12.2 Å². The van der Waals surface area contributed by atoms with Crippen molar-refractivity contribution in [2.45, 2.75) is 6.42 Å². The molecule has 0 saturated heterocycles. The van der Waals surface area contributed by atoms with E-state index < -0.39 is 28.2 Å². The van der Waals surface area contributed by atoms with Crippen molar-refractivity contribution in [2.75, 3.05) is 5.75 Å².